The van der Waals surface area contributed by atoms with Gasteiger partial charge in [0.25, 0.3) is 0 Å². The van der Waals surface area contributed by atoms with Gasteiger partial charge in [0.1, 0.15) is 6.07 Å². The number of carbonyl (C=O) groups excluding carboxylic acids is 1. The molecule has 3 aliphatic rings. The van der Waals surface area contributed by atoms with Crippen molar-refractivity contribution in [3.05, 3.63) is 58.7 Å². The number of ether oxygens (including phenoxy) is 1. The maximum atomic E-state index is 12.8. The molecule has 1 fully saturated rings. The molecule has 28 heavy (non-hydrogen) atoms. The van der Waals surface area contributed by atoms with Gasteiger partial charge in [-0.1, -0.05) is 44.2 Å². The van der Waals surface area contributed by atoms with Crippen LogP contribution < -0.4 is 5.73 Å². The van der Waals surface area contributed by atoms with Crippen LogP contribution in [0.4, 0.5) is 0 Å². The summed E-state index contributed by atoms with van der Waals surface area (Å²) < 4.78 is 5.70. The lowest BCUT2D eigenvalue weighted by Gasteiger charge is -2.48. The molecule has 0 unspecified atom stereocenters. The highest BCUT2D eigenvalue weighted by Crippen LogP contribution is 2.55. The molecule has 0 bridgehead atoms. The summed E-state index contributed by atoms with van der Waals surface area (Å²) in [6, 6.07) is 12.7. The number of piperidine rings is 1. The van der Waals surface area contributed by atoms with E-state index >= 15 is 0 Å². The minimum absolute atomic E-state index is 0.0114. The second-order valence-corrected chi connectivity index (χ2v) is 9.05. The van der Waals surface area contributed by atoms with Crippen LogP contribution >= 0.6 is 0 Å². The lowest BCUT2D eigenvalue weighted by Crippen LogP contribution is -2.47. The number of allylic oxidation sites excluding steroid dienone is 3. The van der Waals surface area contributed by atoms with Crippen molar-refractivity contribution in [2.45, 2.75) is 46.1 Å². The molecule has 5 heteroatoms. The van der Waals surface area contributed by atoms with Gasteiger partial charge in [-0.05, 0) is 48.9 Å². The second kappa shape index (κ2) is 6.79. The van der Waals surface area contributed by atoms with Crippen LogP contribution in [-0.4, -0.2) is 23.8 Å². The van der Waals surface area contributed by atoms with Crippen LogP contribution in [0.3, 0.4) is 0 Å². The fraction of sp³-hybridized carbons (Fsp3) is 0.478. The van der Waals surface area contributed by atoms with Crippen molar-refractivity contribution in [3.63, 3.8) is 0 Å². The van der Waals surface area contributed by atoms with Crippen molar-refractivity contribution < 1.29 is 9.53 Å². The first kappa shape index (κ1) is 18.8. The second-order valence-electron chi connectivity index (χ2n) is 9.05. The molecule has 1 aromatic rings. The van der Waals surface area contributed by atoms with Crippen molar-refractivity contribution in [1.29, 1.82) is 5.26 Å². The van der Waals surface area contributed by atoms with E-state index in [0.717, 1.165) is 44.5 Å². The third kappa shape index (κ3) is 3.12. The van der Waals surface area contributed by atoms with Crippen molar-refractivity contribution >= 4 is 5.78 Å². The van der Waals surface area contributed by atoms with Crippen molar-refractivity contribution in [1.82, 2.24) is 4.90 Å². The van der Waals surface area contributed by atoms with Gasteiger partial charge in [0.2, 0.25) is 5.88 Å². The number of likely N-dealkylation sites (tertiary alicyclic amines) is 1. The normalized spacial score (nSPS) is 24.0. The summed E-state index contributed by atoms with van der Waals surface area (Å²) in [6.45, 7) is 6.84. The first-order chi connectivity index (χ1) is 13.3. The fourth-order valence-corrected chi connectivity index (χ4v) is 5.01. The number of nitrogens with zero attached hydrogens (tertiary/aromatic N) is 2. The van der Waals surface area contributed by atoms with E-state index in [2.05, 4.69) is 49.1 Å². The number of carbonyl (C=O) groups is 1. The highest BCUT2D eigenvalue weighted by molar-refractivity contribution is 5.96. The van der Waals surface area contributed by atoms with Crippen LogP contribution in [0.15, 0.2) is 53.1 Å². The highest BCUT2D eigenvalue weighted by Gasteiger charge is 2.51. The molecule has 2 heterocycles. The van der Waals surface area contributed by atoms with Crippen LogP contribution in [0.5, 0.6) is 0 Å². The van der Waals surface area contributed by atoms with Crippen molar-refractivity contribution in [2.24, 2.45) is 16.6 Å². The van der Waals surface area contributed by atoms with E-state index in [1.807, 2.05) is 6.07 Å². The molecule has 1 aromatic carbocycles. The smallest absolute Gasteiger partial charge is 0.205 e. The summed E-state index contributed by atoms with van der Waals surface area (Å²) in [4.78, 5) is 15.2. The van der Waals surface area contributed by atoms with Crippen molar-refractivity contribution in [2.75, 3.05) is 13.1 Å². The van der Waals surface area contributed by atoms with Gasteiger partial charge < -0.3 is 10.5 Å². The minimum Gasteiger partial charge on any atom is -0.437 e. The number of Topliss-reactive ketones (excluding diaryl/α,β-unsaturated/α-hetero) is 1. The van der Waals surface area contributed by atoms with Gasteiger partial charge in [-0.25, -0.2) is 0 Å². The maximum absolute atomic E-state index is 12.8. The molecule has 0 aromatic heterocycles. The number of hydrogen-bond donors (Lipinski definition) is 1. The molecule has 4 rings (SSSR count). The molecule has 1 aliphatic carbocycles. The summed E-state index contributed by atoms with van der Waals surface area (Å²) in [5.74, 6) is 0.537. The zero-order valence-electron chi connectivity index (χ0n) is 16.6. The summed E-state index contributed by atoms with van der Waals surface area (Å²) in [6.07, 6.45) is 2.80. The predicted molar refractivity (Wildman–Crippen MR) is 106 cm³/mol. The van der Waals surface area contributed by atoms with Gasteiger partial charge in [-0.2, -0.15) is 5.26 Å². The molecule has 2 N–H and O–H groups in total. The number of benzene rings is 1. The molecular formula is C23H27N3O2. The van der Waals surface area contributed by atoms with E-state index in [1.165, 1.54) is 5.56 Å². The molecule has 0 atom stereocenters. The Morgan fingerprint density at radius 2 is 1.86 bits per heavy atom. The molecule has 2 aliphatic heterocycles. The quantitative estimate of drug-likeness (QED) is 0.851. The van der Waals surface area contributed by atoms with Gasteiger partial charge in [-0.15, -0.1) is 0 Å². The zero-order valence-corrected chi connectivity index (χ0v) is 16.6. The summed E-state index contributed by atoms with van der Waals surface area (Å²) >= 11 is 0. The Hall–Kier alpha value is -2.58. The van der Waals surface area contributed by atoms with Gasteiger partial charge in [0, 0.05) is 18.4 Å². The van der Waals surface area contributed by atoms with Gasteiger partial charge in [0.15, 0.2) is 11.5 Å². The average molecular weight is 377 g/mol. The number of nitrogens with two attached hydrogens (primary N) is 1. The average Bonchev–Trinajstić information content (AvgIpc) is 2.65. The molecular weight excluding hydrogens is 350 g/mol. The number of hydrogen-bond acceptors (Lipinski definition) is 5. The van der Waals surface area contributed by atoms with Gasteiger partial charge in [0.05, 0.1) is 5.57 Å². The van der Waals surface area contributed by atoms with Crippen LogP contribution in [-0.2, 0) is 16.1 Å². The SMILES string of the molecule is CC1(C)CC(=O)C2=C(C1)C1(CCN(Cc3ccccc3)CC1)C(C#N)=C(N)O2. The first-order valence-electron chi connectivity index (χ1n) is 9.96. The molecule has 1 saturated heterocycles. The van der Waals surface area contributed by atoms with Crippen LogP contribution in [0.1, 0.15) is 45.1 Å². The van der Waals surface area contributed by atoms with E-state index < -0.39 is 5.41 Å². The minimum atomic E-state index is -0.465. The van der Waals surface area contributed by atoms with E-state index in [9.17, 15) is 10.1 Å². The molecule has 0 radical (unpaired) electrons. The topological polar surface area (TPSA) is 79.4 Å². The molecule has 5 nitrogen and oxygen atoms in total. The summed E-state index contributed by atoms with van der Waals surface area (Å²) in [5.41, 5.74) is 8.33. The summed E-state index contributed by atoms with van der Waals surface area (Å²) in [5, 5.41) is 9.88. The third-order valence-corrected chi connectivity index (χ3v) is 6.41. The van der Waals surface area contributed by atoms with Crippen LogP contribution in [0.25, 0.3) is 0 Å². The largest absolute Gasteiger partial charge is 0.437 e. The van der Waals surface area contributed by atoms with Crippen LogP contribution in [0, 0.1) is 22.2 Å². The lowest BCUT2D eigenvalue weighted by atomic mass is 9.60. The van der Waals surface area contributed by atoms with E-state index in [1.54, 1.807) is 0 Å². The van der Waals surface area contributed by atoms with E-state index in [0.29, 0.717) is 17.8 Å². The fourth-order valence-electron chi connectivity index (χ4n) is 5.01. The van der Waals surface area contributed by atoms with Gasteiger partial charge >= 0.3 is 0 Å². The monoisotopic (exact) mass is 377 g/mol. The van der Waals surface area contributed by atoms with Crippen molar-refractivity contribution in [3.8, 4) is 6.07 Å². The standard InChI is InChI=1S/C23H27N3O2/c1-22(2)12-17-20(19(27)13-22)28-21(25)18(14-24)23(17)8-10-26(11-9-23)15-16-6-4-3-5-7-16/h3-7H,8-13,15,25H2,1-2H3. The Morgan fingerprint density at radius 1 is 1.18 bits per heavy atom. The zero-order chi connectivity index (χ0) is 19.9. The van der Waals surface area contributed by atoms with E-state index in [-0.39, 0.29) is 17.1 Å². The third-order valence-electron chi connectivity index (χ3n) is 6.41. The maximum Gasteiger partial charge on any atom is 0.205 e. The molecule has 1 spiro atoms. The number of nitriles is 1. The Morgan fingerprint density at radius 3 is 2.50 bits per heavy atom. The highest BCUT2D eigenvalue weighted by atomic mass is 16.5. The predicted octanol–water partition coefficient (Wildman–Crippen LogP) is 3.64. The lowest BCUT2D eigenvalue weighted by molar-refractivity contribution is -0.121. The Kier molecular flexibility index (Phi) is 4.55. The molecule has 0 amide bonds. The summed E-state index contributed by atoms with van der Waals surface area (Å²) in [7, 11) is 0. The number of rotatable bonds is 2. The Labute approximate surface area is 166 Å². The van der Waals surface area contributed by atoms with E-state index in [4.69, 9.17) is 10.5 Å². The van der Waals surface area contributed by atoms with Crippen LogP contribution in [0.2, 0.25) is 0 Å². The van der Waals surface area contributed by atoms with Gasteiger partial charge in [-0.3, -0.25) is 9.69 Å². The molecule has 0 saturated carbocycles. The number of fused-ring (bicyclic) bond motifs is 1. The Bertz CT molecular complexity index is 898. The first-order valence-corrected chi connectivity index (χ1v) is 9.96. The molecule has 146 valence electrons. The number of ketones is 1. The Balaban J connectivity index is 1.65.